The number of nitrogens with one attached hydrogen (secondary N) is 1. The maximum absolute atomic E-state index is 12.5. The minimum Gasteiger partial charge on any atom is -0.460 e. The highest BCUT2D eigenvalue weighted by molar-refractivity contribution is 6.35. The first-order valence-electron chi connectivity index (χ1n) is 11.1. The van der Waals surface area contributed by atoms with Crippen LogP contribution in [0.15, 0.2) is 83.9 Å². The van der Waals surface area contributed by atoms with E-state index in [0.717, 1.165) is 11.1 Å². The summed E-state index contributed by atoms with van der Waals surface area (Å²) in [5.41, 5.74) is 8.23. The van der Waals surface area contributed by atoms with Gasteiger partial charge in [-0.1, -0.05) is 42.5 Å². The van der Waals surface area contributed by atoms with Gasteiger partial charge < -0.3 is 20.1 Å². The average Bonchev–Trinajstić information content (AvgIpc) is 2.85. The summed E-state index contributed by atoms with van der Waals surface area (Å²) < 4.78 is 10.6. The Bertz CT molecular complexity index is 1200. The second kappa shape index (κ2) is 13.7. The molecule has 3 aromatic carbocycles. The van der Waals surface area contributed by atoms with Crippen LogP contribution in [-0.4, -0.2) is 42.2 Å². The summed E-state index contributed by atoms with van der Waals surface area (Å²) in [6.45, 7) is 2.76. The van der Waals surface area contributed by atoms with E-state index in [4.69, 9.17) is 20.6 Å². The predicted octanol–water partition coefficient (Wildman–Crippen LogP) is 4.21. The molecule has 0 bridgehead atoms. The van der Waals surface area contributed by atoms with Crippen molar-refractivity contribution in [1.29, 1.82) is 5.41 Å². The molecule has 3 N–H and O–H groups in total. The van der Waals surface area contributed by atoms with Crippen LogP contribution < -0.4 is 10.5 Å². The van der Waals surface area contributed by atoms with Crippen molar-refractivity contribution in [1.82, 2.24) is 4.90 Å². The number of amidine groups is 2. The zero-order chi connectivity index (χ0) is 25.2. The van der Waals surface area contributed by atoms with E-state index in [-0.39, 0.29) is 37.2 Å². The van der Waals surface area contributed by atoms with E-state index in [1.54, 1.807) is 67.4 Å². The zero-order valence-electron chi connectivity index (χ0n) is 20.1. The van der Waals surface area contributed by atoms with Crippen molar-refractivity contribution >= 4 is 36.0 Å². The number of aliphatic imine (C=N–C) groups is 1. The van der Waals surface area contributed by atoms with E-state index in [0.29, 0.717) is 23.4 Å². The van der Waals surface area contributed by atoms with Crippen LogP contribution in [0.5, 0.6) is 5.75 Å². The maximum Gasteiger partial charge on any atom is 0.373 e. The molecule has 0 saturated heterocycles. The van der Waals surface area contributed by atoms with Gasteiger partial charge in [-0.15, -0.1) is 12.4 Å². The lowest BCUT2D eigenvalue weighted by molar-refractivity contribution is -0.135. The number of benzene rings is 3. The Labute approximate surface area is 216 Å². The number of nitrogens with zero attached hydrogens (tertiary/aromatic N) is 2. The van der Waals surface area contributed by atoms with Crippen LogP contribution >= 0.6 is 12.4 Å². The first-order chi connectivity index (χ1) is 16.9. The van der Waals surface area contributed by atoms with Gasteiger partial charge in [0.1, 0.15) is 11.6 Å². The normalized spacial score (nSPS) is 10.7. The van der Waals surface area contributed by atoms with Crippen molar-refractivity contribution < 1.29 is 19.1 Å². The maximum atomic E-state index is 12.5. The van der Waals surface area contributed by atoms with E-state index in [1.165, 1.54) is 0 Å². The third-order valence-corrected chi connectivity index (χ3v) is 5.06. The Kier molecular flexibility index (Phi) is 10.6. The number of carbonyl (C=O) groups is 2. The minimum absolute atomic E-state index is 0. The molecule has 0 radical (unpaired) electrons. The number of esters is 2. The molecule has 36 heavy (non-hydrogen) atoms. The Hall–Kier alpha value is -4.17. The lowest BCUT2D eigenvalue weighted by Gasteiger charge is -2.20. The number of hydrogen-bond acceptors (Lipinski definition) is 6. The standard InChI is InChI=1S/C27H28N4O4.ClH/c1-3-34-27(33)25(31(2)18-20-7-5-4-6-8-20)30-17-19-9-11-22(12-10-19)26(32)35-23-15-13-21(14-16-23)24(28)29;/h4-16H,3,17-18H2,1-2H3,(H3,28,29);1H. The van der Waals surface area contributed by atoms with Gasteiger partial charge in [-0.25, -0.2) is 9.59 Å². The summed E-state index contributed by atoms with van der Waals surface area (Å²) in [5, 5.41) is 7.41. The van der Waals surface area contributed by atoms with Crippen LogP contribution in [0.25, 0.3) is 0 Å². The Morgan fingerprint density at radius 3 is 2.11 bits per heavy atom. The highest BCUT2D eigenvalue weighted by atomic mass is 35.5. The number of nitrogens with two attached hydrogens (primary N) is 1. The Morgan fingerprint density at radius 2 is 1.53 bits per heavy atom. The fourth-order valence-corrected chi connectivity index (χ4v) is 3.25. The number of rotatable bonds is 8. The average molecular weight is 509 g/mol. The van der Waals surface area contributed by atoms with Gasteiger partial charge in [-0.2, -0.15) is 0 Å². The quantitative estimate of drug-likeness (QED) is 0.204. The predicted molar refractivity (Wildman–Crippen MR) is 142 cm³/mol. The molecule has 0 heterocycles. The first kappa shape index (κ1) is 28.1. The first-order valence-corrected chi connectivity index (χ1v) is 11.1. The molecule has 0 unspecified atom stereocenters. The number of carbonyl (C=O) groups excluding carboxylic acids is 2. The van der Waals surface area contributed by atoms with Crippen LogP contribution in [0.2, 0.25) is 0 Å². The van der Waals surface area contributed by atoms with Gasteiger partial charge in [0.05, 0.1) is 18.7 Å². The largest absolute Gasteiger partial charge is 0.460 e. The van der Waals surface area contributed by atoms with E-state index >= 15 is 0 Å². The zero-order valence-corrected chi connectivity index (χ0v) is 21.0. The molecular weight excluding hydrogens is 480 g/mol. The second-order valence-corrected chi connectivity index (χ2v) is 7.73. The molecular formula is C27H29ClN4O4. The van der Waals surface area contributed by atoms with E-state index in [1.807, 2.05) is 30.3 Å². The van der Waals surface area contributed by atoms with Gasteiger partial charge in [-0.05, 0) is 54.4 Å². The van der Waals surface area contributed by atoms with Crippen LogP contribution in [0.4, 0.5) is 0 Å². The number of halogens is 1. The van der Waals surface area contributed by atoms with Gasteiger partial charge in [0.15, 0.2) is 0 Å². The summed E-state index contributed by atoms with van der Waals surface area (Å²) in [6, 6.07) is 23.0. The van der Waals surface area contributed by atoms with E-state index < -0.39 is 11.9 Å². The smallest absolute Gasteiger partial charge is 0.373 e. The second-order valence-electron chi connectivity index (χ2n) is 7.73. The monoisotopic (exact) mass is 508 g/mol. The van der Waals surface area contributed by atoms with Crippen LogP contribution in [0.1, 0.15) is 34.0 Å². The van der Waals surface area contributed by atoms with Crippen molar-refractivity contribution in [3.8, 4) is 5.75 Å². The number of nitrogen functional groups attached to an aromatic ring is 1. The van der Waals surface area contributed by atoms with Crippen LogP contribution in [0, 0.1) is 5.41 Å². The molecule has 0 aromatic heterocycles. The van der Waals surface area contributed by atoms with Gasteiger partial charge in [0.2, 0.25) is 5.84 Å². The molecule has 0 amide bonds. The van der Waals surface area contributed by atoms with Crippen LogP contribution in [-0.2, 0) is 22.6 Å². The molecule has 0 atom stereocenters. The van der Waals surface area contributed by atoms with Crippen molar-refractivity contribution in [2.45, 2.75) is 20.0 Å². The number of ether oxygens (including phenoxy) is 2. The Morgan fingerprint density at radius 1 is 0.917 bits per heavy atom. The summed E-state index contributed by atoms with van der Waals surface area (Å²) in [5.74, 6) is -0.465. The molecule has 188 valence electrons. The number of hydrogen-bond donors (Lipinski definition) is 2. The lowest BCUT2D eigenvalue weighted by atomic mass is 10.1. The molecule has 9 heteroatoms. The number of likely N-dealkylation sites (N-methyl/N-ethyl adjacent to an activating group) is 1. The lowest BCUT2D eigenvalue weighted by Crippen LogP contribution is -2.34. The van der Waals surface area contributed by atoms with E-state index in [9.17, 15) is 9.59 Å². The van der Waals surface area contributed by atoms with Crippen molar-refractivity contribution in [2.24, 2.45) is 10.7 Å². The SMILES string of the molecule is CCOC(=O)C(=NCc1ccc(C(=O)Oc2ccc(C(=N)N)cc2)cc1)N(C)Cc1ccccc1.Cl. The molecule has 0 aliphatic heterocycles. The molecule has 0 aliphatic carbocycles. The van der Waals surface area contributed by atoms with Gasteiger partial charge in [0.25, 0.3) is 0 Å². The van der Waals surface area contributed by atoms with E-state index in [2.05, 4.69) is 4.99 Å². The molecule has 0 spiro atoms. The fourth-order valence-electron chi connectivity index (χ4n) is 3.25. The molecule has 0 saturated carbocycles. The van der Waals surface area contributed by atoms with Crippen LogP contribution in [0.3, 0.4) is 0 Å². The summed E-state index contributed by atoms with van der Waals surface area (Å²) in [4.78, 5) is 31.2. The molecule has 3 aromatic rings. The highest BCUT2D eigenvalue weighted by Crippen LogP contribution is 2.15. The summed E-state index contributed by atoms with van der Waals surface area (Å²) in [7, 11) is 1.80. The van der Waals surface area contributed by atoms with Crippen molar-refractivity contribution in [2.75, 3.05) is 13.7 Å². The topological polar surface area (TPSA) is 118 Å². The molecule has 3 rings (SSSR count). The Balaban J connectivity index is 0.00000456. The molecule has 0 aliphatic rings. The third-order valence-electron chi connectivity index (χ3n) is 5.06. The molecule has 8 nitrogen and oxygen atoms in total. The third kappa shape index (κ3) is 7.95. The van der Waals surface area contributed by atoms with Gasteiger partial charge >= 0.3 is 11.9 Å². The minimum atomic E-state index is -0.509. The molecule has 0 fully saturated rings. The van der Waals surface area contributed by atoms with Crippen molar-refractivity contribution in [3.63, 3.8) is 0 Å². The highest BCUT2D eigenvalue weighted by Gasteiger charge is 2.18. The fraction of sp³-hybridized carbons (Fsp3) is 0.185. The van der Waals surface area contributed by atoms with Gasteiger partial charge in [-0.3, -0.25) is 10.4 Å². The van der Waals surface area contributed by atoms with Crippen molar-refractivity contribution in [3.05, 3.63) is 101 Å². The van der Waals surface area contributed by atoms with Gasteiger partial charge in [0, 0.05) is 19.2 Å². The summed E-state index contributed by atoms with van der Waals surface area (Å²) >= 11 is 0. The summed E-state index contributed by atoms with van der Waals surface area (Å²) in [6.07, 6.45) is 0.